The van der Waals surface area contributed by atoms with Crippen molar-refractivity contribution in [2.24, 2.45) is 0 Å². The van der Waals surface area contributed by atoms with Crippen LogP contribution in [0.5, 0.6) is 0 Å². The van der Waals surface area contributed by atoms with E-state index in [1.165, 1.54) is 51.7 Å². The molecule has 1 fully saturated rings. The summed E-state index contributed by atoms with van der Waals surface area (Å²) in [6.45, 7) is 11.5. The zero-order chi connectivity index (χ0) is 12.3. The predicted molar refractivity (Wildman–Crippen MR) is 73.6 cm³/mol. The summed E-state index contributed by atoms with van der Waals surface area (Å²) in [6.07, 6.45) is 6.32. The Balaban J connectivity index is 2.03. The average Bonchev–Trinajstić information content (AvgIpc) is 2.37. The van der Waals surface area contributed by atoms with Crippen LogP contribution in [-0.2, 0) is 0 Å². The number of unbranched alkanes of at least 4 members (excludes halogenated alkanes) is 1. The molecule has 17 heavy (non-hydrogen) atoms. The summed E-state index contributed by atoms with van der Waals surface area (Å²) in [5, 5.41) is 8.19. The number of nitrogens with one attached hydrogen (secondary N) is 2. The molecule has 1 saturated heterocycles. The van der Waals surface area contributed by atoms with Gasteiger partial charge in [0.2, 0.25) is 0 Å². The van der Waals surface area contributed by atoms with E-state index >= 15 is 0 Å². The Morgan fingerprint density at radius 1 is 0.941 bits per heavy atom. The molecule has 1 rings (SSSR count). The van der Waals surface area contributed by atoms with Gasteiger partial charge in [-0.05, 0) is 38.8 Å². The quantitative estimate of drug-likeness (QED) is 0.601. The monoisotopic (exact) mass is 242 g/mol. The van der Waals surface area contributed by atoms with E-state index in [2.05, 4.69) is 34.7 Å². The van der Waals surface area contributed by atoms with Crippen LogP contribution >= 0.6 is 0 Å². The highest BCUT2D eigenvalue weighted by molar-refractivity contribution is 4.63. The van der Waals surface area contributed by atoms with Gasteiger partial charge in [0.15, 0.2) is 0 Å². The second-order valence-electron chi connectivity index (χ2n) is 4.88. The normalized spacial score (nSPS) is 18.7. The summed E-state index contributed by atoms with van der Waals surface area (Å²) >= 11 is 0. The first kappa shape index (κ1) is 14.9. The summed E-state index contributed by atoms with van der Waals surface area (Å²) in [7, 11) is 0. The highest BCUT2D eigenvalue weighted by Crippen LogP contribution is 2.02. The van der Waals surface area contributed by atoms with Crippen LogP contribution < -0.4 is 10.9 Å². The second kappa shape index (κ2) is 9.83. The highest BCUT2D eigenvalue weighted by atomic mass is 15.8. The molecular weight excluding hydrogens is 212 g/mol. The SMILES string of the molecule is CCCCN1CCCN(CCCNCCC)N1. The smallest absolute Gasteiger partial charge is 0.0157 e. The van der Waals surface area contributed by atoms with Crippen LogP contribution in [0.15, 0.2) is 0 Å². The van der Waals surface area contributed by atoms with Crippen molar-refractivity contribution in [3.63, 3.8) is 0 Å². The van der Waals surface area contributed by atoms with Crippen molar-refractivity contribution in [1.82, 2.24) is 20.9 Å². The van der Waals surface area contributed by atoms with E-state index in [1.807, 2.05) is 0 Å². The molecule has 102 valence electrons. The third kappa shape index (κ3) is 6.99. The second-order valence-corrected chi connectivity index (χ2v) is 4.88. The number of rotatable bonds is 9. The maximum absolute atomic E-state index is 3.52. The molecule has 4 nitrogen and oxygen atoms in total. The fraction of sp³-hybridized carbons (Fsp3) is 1.00. The van der Waals surface area contributed by atoms with Gasteiger partial charge in [-0.3, -0.25) is 0 Å². The minimum atomic E-state index is 1.14. The largest absolute Gasteiger partial charge is 0.317 e. The molecule has 2 N–H and O–H groups in total. The van der Waals surface area contributed by atoms with E-state index < -0.39 is 0 Å². The van der Waals surface area contributed by atoms with E-state index in [0.717, 1.165) is 19.6 Å². The maximum atomic E-state index is 3.52. The third-order valence-corrected chi connectivity index (χ3v) is 3.13. The molecule has 1 heterocycles. The summed E-state index contributed by atoms with van der Waals surface area (Å²) in [5.41, 5.74) is 3.52. The molecular formula is C13H30N4. The molecule has 0 aliphatic carbocycles. The number of hydrogen-bond acceptors (Lipinski definition) is 4. The number of hydrogen-bond donors (Lipinski definition) is 2. The van der Waals surface area contributed by atoms with Crippen molar-refractivity contribution in [2.45, 2.75) is 46.0 Å². The Hall–Kier alpha value is -0.160. The van der Waals surface area contributed by atoms with Crippen LogP contribution in [0, 0.1) is 0 Å². The molecule has 0 aromatic heterocycles. The van der Waals surface area contributed by atoms with Crippen LogP contribution in [-0.4, -0.2) is 49.3 Å². The van der Waals surface area contributed by atoms with Crippen LogP contribution in [0.1, 0.15) is 46.0 Å². The molecule has 0 aromatic rings. The van der Waals surface area contributed by atoms with Gasteiger partial charge in [-0.15, -0.1) is 0 Å². The molecule has 0 radical (unpaired) electrons. The van der Waals surface area contributed by atoms with Gasteiger partial charge in [-0.1, -0.05) is 20.3 Å². The lowest BCUT2D eigenvalue weighted by molar-refractivity contribution is -0.0164. The zero-order valence-electron chi connectivity index (χ0n) is 11.7. The number of hydrazine groups is 2. The minimum Gasteiger partial charge on any atom is -0.317 e. The fourth-order valence-corrected chi connectivity index (χ4v) is 2.12. The lowest BCUT2D eigenvalue weighted by Gasteiger charge is -2.36. The maximum Gasteiger partial charge on any atom is 0.0157 e. The average molecular weight is 242 g/mol. The van der Waals surface area contributed by atoms with Gasteiger partial charge in [-0.2, -0.15) is 5.53 Å². The Kier molecular flexibility index (Phi) is 8.61. The van der Waals surface area contributed by atoms with Crippen LogP contribution in [0.3, 0.4) is 0 Å². The lowest BCUT2D eigenvalue weighted by atomic mass is 10.3. The molecule has 0 saturated carbocycles. The molecule has 1 aliphatic heterocycles. The summed E-state index contributed by atoms with van der Waals surface area (Å²) in [5.74, 6) is 0. The molecule has 0 atom stereocenters. The molecule has 1 aliphatic rings. The van der Waals surface area contributed by atoms with Crippen LogP contribution in [0.25, 0.3) is 0 Å². The summed E-state index contributed by atoms with van der Waals surface area (Å²) in [4.78, 5) is 0. The van der Waals surface area contributed by atoms with E-state index in [0.29, 0.717) is 0 Å². The molecule has 0 amide bonds. The van der Waals surface area contributed by atoms with Crippen LogP contribution in [0.2, 0.25) is 0 Å². The first-order chi connectivity index (χ1) is 8.36. The van der Waals surface area contributed by atoms with E-state index in [9.17, 15) is 0 Å². The van der Waals surface area contributed by atoms with E-state index in [4.69, 9.17) is 0 Å². The van der Waals surface area contributed by atoms with Crippen molar-refractivity contribution in [2.75, 3.05) is 39.3 Å². The molecule has 0 unspecified atom stereocenters. The van der Waals surface area contributed by atoms with E-state index in [1.54, 1.807) is 0 Å². The van der Waals surface area contributed by atoms with Gasteiger partial charge in [0.1, 0.15) is 0 Å². The summed E-state index contributed by atoms with van der Waals surface area (Å²) in [6, 6.07) is 0. The van der Waals surface area contributed by atoms with Gasteiger partial charge in [-0.25, -0.2) is 10.0 Å². The zero-order valence-corrected chi connectivity index (χ0v) is 11.7. The standard InChI is InChI=1S/C13H30N4/c1-3-5-10-16-12-7-13-17(15-16)11-6-9-14-8-4-2/h14-15H,3-13H2,1-2H3. The van der Waals surface area contributed by atoms with Crippen molar-refractivity contribution < 1.29 is 0 Å². The third-order valence-electron chi connectivity index (χ3n) is 3.13. The highest BCUT2D eigenvalue weighted by Gasteiger charge is 2.15. The van der Waals surface area contributed by atoms with Gasteiger partial charge in [0.25, 0.3) is 0 Å². The fourth-order valence-electron chi connectivity index (χ4n) is 2.12. The molecule has 0 aromatic carbocycles. The Morgan fingerprint density at radius 2 is 1.65 bits per heavy atom. The lowest BCUT2D eigenvalue weighted by Crippen LogP contribution is -2.55. The minimum absolute atomic E-state index is 1.14. The topological polar surface area (TPSA) is 30.5 Å². The first-order valence-electron chi connectivity index (χ1n) is 7.33. The van der Waals surface area contributed by atoms with Gasteiger partial charge < -0.3 is 5.32 Å². The van der Waals surface area contributed by atoms with Gasteiger partial charge in [0, 0.05) is 26.2 Å². The van der Waals surface area contributed by atoms with E-state index in [-0.39, 0.29) is 0 Å². The Labute approximate surface area is 107 Å². The molecule has 0 spiro atoms. The van der Waals surface area contributed by atoms with Crippen molar-refractivity contribution in [1.29, 1.82) is 0 Å². The number of nitrogens with zero attached hydrogens (tertiary/aromatic N) is 2. The predicted octanol–water partition coefficient (Wildman–Crippen LogP) is 1.60. The van der Waals surface area contributed by atoms with Gasteiger partial charge in [0.05, 0.1) is 0 Å². The molecule has 0 bridgehead atoms. The van der Waals surface area contributed by atoms with Gasteiger partial charge >= 0.3 is 0 Å². The van der Waals surface area contributed by atoms with Crippen LogP contribution in [0.4, 0.5) is 0 Å². The Morgan fingerprint density at radius 3 is 2.29 bits per heavy atom. The van der Waals surface area contributed by atoms with Crippen molar-refractivity contribution in [3.05, 3.63) is 0 Å². The Bertz CT molecular complexity index is 175. The van der Waals surface area contributed by atoms with Crippen molar-refractivity contribution in [3.8, 4) is 0 Å². The van der Waals surface area contributed by atoms with Crippen molar-refractivity contribution >= 4 is 0 Å². The summed E-state index contributed by atoms with van der Waals surface area (Å²) < 4.78 is 0. The first-order valence-corrected chi connectivity index (χ1v) is 7.33. The molecule has 4 heteroatoms.